The lowest BCUT2D eigenvalue weighted by atomic mass is 9.90. The standard InChI is InChI=1S/C15H13F3.CH3F/c1-8-3-4-11(12(16)5-8)14-9(2)15(18)7-10(15)6-13(14)17;1-2/h3-6,10H,7H2,1-2H3;1H3. The molecular weight excluding hydrogens is 268 g/mol. The molecule has 1 aromatic carbocycles. The fourth-order valence-corrected chi connectivity index (χ4v) is 2.68. The van der Waals surface area contributed by atoms with Crippen LogP contribution in [0.2, 0.25) is 0 Å². The van der Waals surface area contributed by atoms with Crippen molar-refractivity contribution in [1.82, 2.24) is 0 Å². The molecule has 0 radical (unpaired) electrons. The Hall–Kier alpha value is -1.58. The molecule has 2 aliphatic rings. The molecule has 4 heteroatoms. The van der Waals surface area contributed by atoms with Gasteiger partial charge in [-0.3, -0.25) is 4.39 Å². The van der Waals surface area contributed by atoms with Crippen LogP contribution in [0.15, 0.2) is 35.7 Å². The number of benzene rings is 1. The summed E-state index contributed by atoms with van der Waals surface area (Å²) >= 11 is 0. The van der Waals surface area contributed by atoms with Gasteiger partial charge in [-0.1, -0.05) is 12.1 Å². The third-order valence-electron chi connectivity index (χ3n) is 3.92. The Balaban J connectivity index is 0.000000704. The molecule has 0 aliphatic heterocycles. The highest BCUT2D eigenvalue weighted by Crippen LogP contribution is 2.59. The molecule has 108 valence electrons. The highest BCUT2D eigenvalue weighted by molar-refractivity contribution is 5.83. The number of aryl methyl sites for hydroxylation is 1. The second-order valence-corrected chi connectivity index (χ2v) is 5.17. The molecule has 2 atom stereocenters. The maximum Gasteiger partial charge on any atom is 0.139 e. The summed E-state index contributed by atoms with van der Waals surface area (Å²) < 4.78 is 51.6. The number of halogens is 4. The molecule has 0 aromatic heterocycles. The van der Waals surface area contributed by atoms with Gasteiger partial charge in [0.1, 0.15) is 17.3 Å². The average molecular weight is 284 g/mol. The molecule has 0 saturated heterocycles. The Labute approximate surface area is 115 Å². The van der Waals surface area contributed by atoms with E-state index < -0.39 is 17.3 Å². The van der Waals surface area contributed by atoms with Crippen molar-refractivity contribution in [3.8, 4) is 0 Å². The highest BCUT2D eigenvalue weighted by atomic mass is 19.1. The molecule has 20 heavy (non-hydrogen) atoms. The quantitative estimate of drug-likeness (QED) is 0.630. The molecule has 1 saturated carbocycles. The predicted molar refractivity (Wildman–Crippen MR) is 71.9 cm³/mol. The van der Waals surface area contributed by atoms with Crippen molar-refractivity contribution in [3.63, 3.8) is 0 Å². The van der Waals surface area contributed by atoms with Gasteiger partial charge in [0.25, 0.3) is 0 Å². The molecule has 0 N–H and O–H groups in total. The molecule has 0 nitrogen and oxygen atoms in total. The highest BCUT2D eigenvalue weighted by Gasteiger charge is 2.58. The van der Waals surface area contributed by atoms with Crippen molar-refractivity contribution in [1.29, 1.82) is 0 Å². The van der Waals surface area contributed by atoms with E-state index in [4.69, 9.17) is 0 Å². The molecule has 1 fully saturated rings. The van der Waals surface area contributed by atoms with E-state index >= 15 is 0 Å². The van der Waals surface area contributed by atoms with Crippen molar-refractivity contribution in [2.75, 3.05) is 7.18 Å². The first-order valence-electron chi connectivity index (χ1n) is 6.36. The van der Waals surface area contributed by atoms with Gasteiger partial charge < -0.3 is 0 Å². The Morgan fingerprint density at radius 2 is 1.80 bits per heavy atom. The summed E-state index contributed by atoms with van der Waals surface area (Å²) in [7, 11) is 0.500. The Morgan fingerprint density at radius 3 is 2.40 bits per heavy atom. The van der Waals surface area contributed by atoms with Gasteiger partial charge in [0.15, 0.2) is 0 Å². The van der Waals surface area contributed by atoms with Gasteiger partial charge in [0.05, 0.1) is 7.18 Å². The summed E-state index contributed by atoms with van der Waals surface area (Å²) in [4.78, 5) is 0. The van der Waals surface area contributed by atoms with Crippen LogP contribution < -0.4 is 0 Å². The fourth-order valence-electron chi connectivity index (χ4n) is 2.68. The van der Waals surface area contributed by atoms with E-state index in [9.17, 15) is 17.6 Å². The van der Waals surface area contributed by atoms with Crippen LogP contribution in [-0.4, -0.2) is 12.8 Å². The minimum Gasteiger partial charge on any atom is -0.255 e. The van der Waals surface area contributed by atoms with Crippen LogP contribution in [0, 0.1) is 18.7 Å². The number of hydrogen-bond donors (Lipinski definition) is 0. The van der Waals surface area contributed by atoms with Gasteiger partial charge >= 0.3 is 0 Å². The molecule has 3 rings (SSSR count). The molecule has 0 bridgehead atoms. The van der Waals surface area contributed by atoms with Gasteiger partial charge in [0.2, 0.25) is 0 Å². The molecule has 0 heterocycles. The third kappa shape index (κ3) is 2.17. The zero-order valence-electron chi connectivity index (χ0n) is 11.6. The van der Waals surface area contributed by atoms with Crippen LogP contribution in [0.25, 0.3) is 5.57 Å². The summed E-state index contributed by atoms with van der Waals surface area (Å²) in [5.41, 5.74) is -0.149. The zero-order valence-corrected chi connectivity index (χ0v) is 11.6. The lowest BCUT2D eigenvalue weighted by molar-refractivity contribution is 0.340. The van der Waals surface area contributed by atoms with Crippen molar-refractivity contribution < 1.29 is 17.6 Å². The van der Waals surface area contributed by atoms with Gasteiger partial charge in [-0.2, -0.15) is 0 Å². The summed E-state index contributed by atoms with van der Waals surface area (Å²) in [6.07, 6.45) is 1.59. The van der Waals surface area contributed by atoms with Crippen molar-refractivity contribution in [3.05, 3.63) is 52.6 Å². The van der Waals surface area contributed by atoms with Crippen molar-refractivity contribution in [2.24, 2.45) is 5.92 Å². The number of alkyl halides is 2. The van der Waals surface area contributed by atoms with E-state index in [1.54, 1.807) is 19.9 Å². The Kier molecular flexibility index (Phi) is 3.76. The van der Waals surface area contributed by atoms with Crippen LogP contribution in [0.1, 0.15) is 24.5 Å². The number of rotatable bonds is 1. The molecular formula is C16H16F4. The van der Waals surface area contributed by atoms with Crippen LogP contribution in [0.4, 0.5) is 17.6 Å². The normalized spacial score (nSPS) is 27.4. The molecule has 2 unspecified atom stereocenters. The SMILES string of the molecule is CC1=C(c2ccc(C)cc2F)C(F)=CC2CC12F.CF. The second kappa shape index (κ2) is 5.08. The third-order valence-corrected chi connectivity index (χ3v) is 3.92. The fraction of sp³-hybridized carbons (Fsp3) is 0.375. The first-order valence-corrected chi connectivity index (χ1v) is 6.36. The summed E-state index contributed by atoms with van der Waals surface area (Å²) in [5, 5.41) is 0. The molecule has 2 aliphatic carbocycles. The van der Waals surface area contributed by atoms with Gasteiger partial charge in [-0.05, 0) is 43.5 Å². The van der Waals surface area contributed by atoms with Crippen molar-refractivity contribution in [2.45, 2.75) is 25.9 Å². The van der Waals surface area contributed by atoms with Crippen LogP contribution in [0.3, 0.4) is 0 Å². The zero-order chi connectivity index (χ0) is 15.1. The van der Waals surface area contributed by atoms with E-state index in [-0.39, 0.29) is 17.1 Å². The van der Waals surface area contributed by atoms with E-state index in [0.29, 0.717) is 19.2 Å². The number of fused-ring (bicyclic) bond motifs is 1. The van der Waals surface area contributed by atoms with Gasteiger partial charge in [0, 0.05) is 17.1 Å². The monoisotopic (exact) mass is 284 g/mol. The minimum absolute atomic E-state index is 0.0868. The van der Waals surface area contributed by atoms with E-state index in [1.165, 1.54) is 18.2 Å². The summed E-state index contributed by atoms with van der Waals surface area (Å²) in [6, 6.07) is 4.56. The topological polar surface area (TPSA) is 0 Å². The largest absolute Gasteiger partial charge is 0.255 e. The van der Waals surface area contributed by atoms with E-state index in [0.717, 1.165) is 5.56 Å². The maximum atomic E-state index is 14.3. The molecule has 0 amide bonds. The first kappa shape index (κ1) is 14.8. The Morgan fingerprint density at radius 1 is 1.15 bits per heavy atom. The number of allylic oxidation sites excluding steroid dienone is 4. The smallest absolute Gasteiger partial charge is 0.139 e. The molecule has 1 aromatic rings. The van der Waals surface area contributed by atoms with Crippen LogP contribution >= 0.6 is 0 Å². The minimum atomic E-state index is -1.46. The molecule has 0 spiro atoms. The maximum absolute atomic E-state index is 14.3. The van der Waals surface area contributed by atoms with Crippen molar-refractivity contribution >= 4 is 5.57 Å². The first-order chi connectivity index (χ1) is 9.43. The van der Waals surface area contributed by atoms with Crippen LogP contribution in [-0.2, 0) is 0 Å². The predicted octanol–water partition coefficient (Wildman–Crippen LogP) is 5.09. The Bertz CT molecular complexity index is 600. The lowest BCUT2D eigenvalue weighted by Crippen LogP contribution is -2.13. The van der Waals surface area contributed by atoms with E-state index in [1.807, 2.05) is 0 Å². The van der Waals surface area contributed by atoms with Gasteiger partial charge in [-0.25, -0.2) is 13.2 Å². The average Bonchev–Trinajstić information content (AvgIpc) is 3.06. The summed E-state index contributed by atoms with van der Waals surface area (Å²) in [5.74, 6) is -1.38. The second-order valence-electron chi connectivity index (χ2n) is 5.17. The van der Waals surface area contributed by atoms with E-state index in [2.05, 4.69) is 0 Å². The lowest BCUT2D eigenvalue weighted by Gasteiger charge is -2.19. The number of hydrogen-bond acceptors (Lipinski definition) is 0. The van der Waals surface area contributed by atoms with Gasteiger partial charge in [-0.15, -0.1) is 0 Å². The van der Waals surface area contributed by atoms with Crippen LogP contribution in [0.5, 0.6) is 0 Å². The summed E-state index contributed by atoms with van der Waals surface area (Å²) in [6.45, 7) is 3.32.